The zero-order chi connectivity index (χ0) is 22.2. The fraction of sp³-hybridized carbons (Fsp3) is 0.400. The lowest BCUT2D eigenvalue weighted by Gasteiger charge is -2.15. The van der Waals surface area contributed by atoms with Crippen LogP contribution in [0.4, 0.5) is 0 Å². The van der Waals surface area contributed by atoms with Crippen molar-refractivity contribution in [1.29, 1.82) is 0 Å². The Morgan fingerprint density at radius 3 is 2.52 bits per heavy atom. The van der Waals surface area contributed by atoms with E-state index in [-0.39, 0.29) is 17.7 Å². The van der Waals surface area contributed by atoms with Gasteiger partial charge in [-0.05, 0) is 56.5 Å². The fourth-order valence-corrected chi connectivity index (χ4v) is 3.69. The van der Waals surface area contributed by atoms with Gasteiger partial charge in [0, 0.05) is 13.0 Å². The predicted molar refractivity (Wildman–Crippen MR) is 122 cm³/mol. The maximum atomic E-state index is 12.1. The zero-order valence-electron chi connectivity index (χ0n) is 18.6. The maximum absolute atomic E-state index is 12.1. The number of nitrogens with one attached hydrogen (secondary N) is 1. The molecule has 0 aliphatic heterocycles. The first kappa shape index (κ1) is 22.5. The van der Waals surface area contributed by atoms with E-state index in [9.17, 15) is 9.59 Å². The topological polar surface area (TPSA) is 73.2 Å². The van der Waals surface area contributed by atoms with Crippen molar-refractivity contribution in [3.05, 3.63) is 59.9 Å². The highest BCUT2D eigenvalue weighted by Gasteiger charge is 2.18. The number of amides is 1. The van der Waals surface area contributed by atoms with Gasteiger partial charge >= 0.3 is 0 Å². The molecule has 1 heterocycles. The van der Waals surface area contributed by atoms with Gasteiger partial charge in [-0.1, -0.05) is 30.7 Å². The summed E-state index contributed by atoms with van der Waals surface area (Å²) in [5.74, 6) is 1.90. The molecule has 0 bridgehead atoms. The highest BCUT2D eigenvalue weighted by atomic mass is 16.5. The summed E-state index contributed by atoms with van der Waals surface area (Å²) < 4.78 is 7.20. The molecule has 0 saturated carbocycles. The number of aryl methyl sites for hydroxylation is 1. The Kier molecular flexibility index (Phi) is 7.82. The number of Topliss-reactive ketones (excluding diaryl/α,β-unsaturated/α-hetero) is 1. The monoisotopic (exact) mass is 421 g/mol. The summed E-state index contributed by atoms with van der Waals surface area (Å²) in [5, 5.41) is 2.99. The van der Waals surface area contributed by atoms with Crippen LogP contribution < -0.4 is 10.1 Å². The number of fused-ring (bicyclic) bond motifs is 1. The maximum Gasteiger partial charge on any atom is 0.224 e. The van der Waals surface area contributed by atoms with Crippen LogP contribution in [0.5, 0.6) is 5.75 Å². The van der Waals surface area contributed by atoms with E-state index in [2.05, 4.69) is 9.88 Å². The van der Waals surface area contributed by atoms with Gasteiger partial charge < -0.3 is 14.6 Å². The van der Waals surface area contributed by atoms with Crippen molar-refractivity contribution in [1.82, 2.24) is 14.9 Å². The summed E-state index contributed by atoms with van der Waals surface area (Å²) in [5.41, 5.74) is 2.90. The molecule has 164 valence electrons. The Labute approximate surface area is 183 Å². The number of aromatic nitrogens is 2. The van der Waals surface area contributed by atoms with Gasteiger partial charge in [-0.15, -0.1) is 0 Å². The molecule has 0 spiro atoms. The molecular weight excluding hydrogens is 390 g/mol. The third-order valence-electron chi connectivity index (χ3n) is 5.57. The van der Waals surface area contributed by atoms with E-state index < -0.39 is 0 Å². The standard InChI is InChI=1S/C25H31N3O3/c1-18(19(2)29)28-23-10-7-6-9-22(23)27-24(28)11-5-4-8-16-26-25(30)17-20-12-14-21(31-3)15-13-20/h6-7,9-10,12-15,18H,4-5,8,11,16-17H2,1-3H3,(H,26,30). The van der Waals surface area contributed by atoms with Crippen LogP contribution in [0.15, 0.2) is 48.5 Å². The second-order valence-electron chi connectivity index (χ2n) is 7.86. The van der Waals surface area contributed by atoms with Crippen LogP contribution >= 0.6 is 0 Å². The van der Waals surface area contributed by atoms with Crippen molar-refractivity contribution in [2.24, 2.45) is 0 Å². The Morgan fingerprint density at radius 1 is 1.06 bits per heavy atom. The Bertz CT molecular complexity index is 1020. The van der Waals surface area contributed by atoms with Gasteiger partial charge in [0.1, 0.15) is 11.6 Å². The van der Waals surface area contributed by atoms with Crippen LogP contribution in [0, 0.1) is 0 Å². The second kappa shape index (κ2) is 10.8. The van der Waals surface area contributed by atoms with Gasteiger partial charge in [0.15, 0.2) is 5.78 Å². The van der Waals surface area contributed by atoms with Crippen molar-refractivity contribution in [3.63, 3.8) is 0 Å². The molecule has 3 aromatic rings. The third kappa shape index (κ3) is 5.94. The number of unbranched alkanes of at least 4 members (excludes halogenated alkanes) is 2. The van der Waals surface area contributed by atoms with Gasteiger partial charge in [0.25, 0.3) is 0 Å². The van der Waals surface area contributed by atoms with E-state index in [0.717, 1.165) is 53.9 Å². The number of ether oxygens (including phenoxy) is 1. The Morgan fingerprint density at radius 2 is 1.81 bits per heavy atom. The molecule has 31 heavy (non-hydrogen) atoms. The lowest BCUT2D eigenvalue weighted by Crippen LogP contribution is -2.26. The molecule has 3 rings (SSSR count). The van der Waals surface area contributed by atoms with E-state index in [1.807, 2.05) is 55.5 Å². The lowest BCUT2D eigenvalue weighted by molar-refractivity contribution is -0.120. The Balaban J connectivity index is 1.44. The summed E-state index contributed by atoms with van der Waals surface area (Å²) in [4.78, 5) is 28.9. The molecule has 0 aliphatic carbocycles. The van der Waals surface area contributed by atoms with Gasteiger partial charge in [0.2, 0.25) is 5.91 Å². The van der Waals surface area contributed by atoms with E-state index in [0.29, 0.717) is 13.0 Å². The van der Waals surface area contributed by atoms with Crippen LogP contribution in [0.3, 0.4) is 0 Å². The number of methoxy groups -OCH3 is 1. The van der Waals surface area contributed by atoms with E-state index in [4.69, 9.17) is 9.72 Å². The molecule has 0 radical (unpaired) electrons. The number of ketones is 1. The van der Waals surface area contributed by atoms with Gasteiger partial charge in [-0.2, -0.15) is 0 Å². The lowest BCUT2D eigenvalue weighted by atomic mass is 10.1. The molecule has 6 heteroatoms. The van der Waals surface area contributed by atoms with Gasteiger partial charge in [-0.3, -0.25) is 9.59 Å². The van der Waals surface area contributed by atoms with Crippen molar-refractivity contribution in [2.75, 3.05) is 13.7 Å². The van der Waals surface area contributed by atoms with Crippen molar-refractivity contribution >= 4 is 22.7 Å². The number of hydrogen-bond acceptors (Lipinski definition) is 4. The molecule has 6 nitrogen and oxygen atoms in total. The number of rotatable bonds is 11. The number of carbonyl (C=O) groups excluding carboxylic acids is 2. The van der Waals surface area contributed by atoms with Crippen LogP contribution in [-0.4, -0.2) is 34.9 Å². The minimum absolute atomic E-state index is 0.0299. The van der Waals surface area contributed by atoms with Crippen molar-refractivity contribution in [3.8, 4) is 5.75 Å². The normalized spacial score (nSPS) is 12.0. The van der Waals surface area contributed by atoms with Crippen LogP contribution in [0.25, 0.3) is 11.0 Å². The smallest absolute Gasteiger partial charge is 0.224 e. The van der Waals surface area contributed by atoms with Gasteiger partial charge in [0.05, 0.1) is 30.6 Å². The average Bonchev–Trinajstić information content (AvgIpc) is 3.14. The first-order chi connectivity index (χ1) is 15.0. The highest BCUT2D eigenvalue weighted by Crippen LogP contribution is 2.23. The van der Waals surface area contributed by atoms with Crippen molar-refractivity contribution < 1.29 is 14.3 Å². The minimum Gasteiger partial charge on any atom is -0.497 e. The molecule has 1 N–H and O–H groups in total. The number of imidazole rings is 1. The molecular formula is C25H31N3O3. The molecule has 1 aromatic heterocycles. The summed E-state index contributed by atoms with van der Waals surface area (Å²) in [7, 11) is 1.63. The summed E-state index contributed by atoms with van der Waals surface area (Å²) in [6, 6.07) is 15.3. The Hall–Kier alpha value is -3.15. The number of carbonyl (C=O) groups is 2. The number of benzene rings is 2. The quantitative estimate of drug-likeness (QED) is 0.469. The summed E-state index contributed by atoms with van der Waals surface area (Å²) >= 11 is 0. The molecule has 1 amide bonds. The van der Waals surface area contributed by atoms with Crippen LogP contribution in [0.1, 0.15) is 50.5 Å². The van der Waals surface area contributed by atoms with E-state index in [1.165, 1.54) is 0 Å². The third-order valence-corrected chi connectivity index (χ3v) is 5.57. The molecule has 1 unspecified atom stereocenters. The fourth-order valence-electron chi connectivity index (χ4n) is 3.69. The minimum atomic E-state index is -0.223. The van der Waals surface area contributed by atoms with Crippen molar-refractivity contribution in [2.45, 2.75) is 52.0 Å². The molecule has 0 aliphatic rings. The molecule has 0 fully saturated rings. The summed E-state index contributed by atoms with van der Waals surface area (Å²) in [6.45, 7) is 4.21. The summed E-state index contributed by atoms with van der Waals surface area (Å²) in [6.07, 6.45) is 4.04. The molecule has 2 aromatic carbocycles. The highest BCUT2D eigenvalue weighted by molar-refractivity contribution is 5.84. The second-order valence-corrected chi connectivity index (χ2v) is 7.86. The van der Waals surface area contributed by atoms with E-state index in [1.54, 1.807) is 14.0 Å². The predicted octanol–water partition coefficient (Wildman–Crippen LogP) is 4.27. The first-order valence-electron chi connectivity index (χ1n) is 10.9. The SMILES string of the molecule is COc1ccc(CC(=O)NCCCCCc2nc3ccccc3n2C(C)C(C)=O)cc1. The number of nitrogens with zero attached hydrogens (tertiary/aromatic N) is 2. The van der Waals surface area contributed by atoms with E-state index >= 15 is 0 Å². The number of hydrogen-bond donors (Lipinski definition) is 1. The molecule has 0 saturated heterocycles. The average molecular weight is 422 g/mol. The van der Waals surface area contributed by atoms with Crippen LogP contribution in [-0.2, 0) is 22.4 Å². The largest absolute Gasteiger partial charge is 0.497 e. The first-order valence-corrected chi connectivity index (χ1v) is 10.9. The molecule has 1 atom stereocenters. The number of para-hydroxylation sites is 2. The van der Waals surface area contributed by atoms with Crippen LogP contribution in [0.2, 0.25) is 0 Å². The van der Waals surface area contributed by atoms with Gasteiger partial charge in [-0.25, -0.2) is 4.98 Å². The zero-order valence-corrected chi connectivity index (χ0v) is 18.6.